The zero-order chi connectivity index (χ0) is 14.1. The Bertz CT molecular complexity index is 739. The van der Waals surface area contributed by atoms with Crippen molar-refractivity contribution in [3.05, 3.63) is 58.9 Å². The predicted molar refractivity (Wildman–Crippen MR) is 84.1 cm³/mol. The molecule has 3 rings (SSSR count). The average molecular weight is 265 g/mol. The third kappa shape index (κ3) is 2.52. The first-order chi connectivity index (χ1) is 9.61. The number of nitrogens with one attached hydrogen (secondary N) is 2. The normalized spacial score (nSPS) is 10.9. The smallest absolute Gasteiger partial charge is 0.126 e. The zero-order valence-electron chi connectivity index (χ0n) is 12.1. The second kappa shape index (κ2) is 5.00. The lowest BCUT2D eigenvalue weighted by atomic mass is 10.1. The Balaban J connectivity index is 1.81. The van der Waals surface area contributed by atoms with Gasteiger partial charge in [-0.1, -0.05) is 23.8 Å². The Labute approximate surface area is 119 Å². The number of aryl methyl sites for hydroxylation is 3. The van der Waals surface area contributed by atoms with Crippen molar-refractivity contribution in [3.63, 3.8) is 0 Å². The fraction of sp³-hybridized carbons (Fsp3) is 0.235. The quantitative estimate of drug-likeness (QED) is 0.748. The Kier molecular flexibility index (Phi) is 3.18. The number of aromatic nitrogens is 2. The van der Waals surface area contributed by atoms with Gasteiger partial charge in [-0.05, 0) is 50.1 Å². The molecule has 20 heavy (non-hydrogen) atoms. The molecule has 0 aliphatic rings. The molecule has 102 valence electrons. The number of aromatic amines is 1. The van der Waals surface area contributed by atoms with Crippen LogP contribution in [0.25, 0.3) is 11.0 Å². The standard InChI is InChI=1S/C17H19N3/c1-11-4-6-14(7-5-11)18-10-16-19-15-9-12(2)8-13(3)17(15)20-16/h4-9,18H,10H2,1-3H3,(H,19,20). The van der Waals surface area contributed by atoms with Gasteiger partial charge in [0.1, 0.15) is 5.82 Å². The molecule has 1 heterocycles. The minimum atomic E-state index is 0.705. The lowest BCUT2D eigenvalue weighted by Crippen LogP contribution is -2.00. The molecule has 0 atom stereocenters. The van der Waals surface area contributed by atoms with Crippen LogP contribution >= 0.6 is 0 Å². The van der Waals surface area contributed by atoms with E-state index in [1.165, 1.54) is 16.7 Å². The van der Waals surface area contributed by atoms with Gasteiger partial charge in [0.05, 0.1) is 17.6 Å². The highest BCUT2D eigenvalue weighted by Crippen LogP contribution is 2.19. The number of rotatable bonds is 3. The summed E-state index contributed by atoms with van der Waals surface area (Å²) in [6.45, 7) is 7.01. The van der Waals surface area contributed by atoms with E-state index in [9.17, 15) is 0 Å². The number of anilines is 1. The van der Waals surface area contributed by atoms with Crippen LogP contribution < -0.4 is 5.32 Å². The number of benzene rings is 2. The maximum atomic E-state index is 4.67. The van der Waals surface area contributed by atoms with Gasteiger partial charge in [-0.15, -0.1) is 0 Å². The van der Waals surface area contributed by atoms with Crippen LogP contribution in [0.2, 0.25) is 0 Å². The first kappa shape index (κ1) is 12.7. The molecule has 3 heteroatoms. The molecule has 0 unspecified atom stereocenters. The SMILES string of the molecule is Cc1ccc(NCc2nc3c(C)cc(C)cc3[nH]2)cc1. The van der Waals surface area contributed by atoms with Crippen molar-refractivity contribution in [2.24, 2.45) is 0 Å². The van der Waals surface area contributed by atoms with E-state index in [0.29, 0.717) is 6.54 Å². The maximum absolute atomic E-state index is 4.67. The Morgan fingerprint density at radius 3 is 2.50 bits per heavy atom. The van der Waals surface area contributed by atoms with E-state index in [-0.39, 0.29) is 0 Å². The van der Waals surface area contributed by atoms with Gasteiger partial charge < -0.3 is 10.3 Å². The lowest BCUT2D eigenvalue weighted by Gasteiger charge is -2.04. The average Bonchev–Trinajstić information content (AvgIpc) is 2.81. The largest absolute Gasteiger partial charge is 0.378 e. The summed E-state index contributed by atoms with van der Waals surface area (Å²) >= 11 is 0. The van der Waals surface area contributed by atoms with Gasteiger partial charge in [-0.3, -0.25) is 0 Å². The predicted octanol–water partition coefficient (Wildman–Crippen LogP) is 4.10. The number of imidazole rings is 1. The lowest BCUT2D eigenvalue weighted by molar-refractivity contribution is 1.01. The van der Waals surface area contributed by atoms with Gasteiger partial charge in [0.15, 0.2) is 0 Å². The molecule has 0 bridgehead atoms. The molecule has 3 aromatic rings. The van der Waals surface area contributed by atoms with Crippen molar-refractivity contribution in [3.8, 4) is 0 Å². The summed E-state index contributed by atoms with van der Waals surface area (Å²) in [6.07, 6.45) is 0. The monoisotopic (exact) mass is 265 g/mol. The van der Waals surface area contributed by atoms with Crippen LogP contribution in [-0.4, -0.2) is 9.97 Å². The second-order valence-electron chi connectivity index (χ2n) is 5.38. The summed E-state index contributed by atoms with van der Waals surface area (Å²) in [6, 6.07) is 12.7. The molecule has 0 aliphatic heterocycles. The van der Waals surface area contributed by atoms with Crippen LogP contribution in [0.4, 0.5) is 5.69 Å². The van der Waals surface area contributed by atoms with E-state index in [4.69, 9.17) is 0 Å². The van der Waals surface area contributed by atoms with Crippen molar-refractivity contribution in [1.29, 1.82) is 0 Å². The van der Waals surface area contributed by atoms with E-state index < -0.39 is 0 Å². The number of fused-ring (bicyclic) bond motifs is 1. The van der Waals surface area contributed by atoms with E-state index in [1.807, 2.05) is 0 Å². The molecule has 0 aliphatic carbocycles. The van der Waals surface area contributed by atoms with E-state index in [0.717, 1.165) is 22.5 Å². The molecule has 0 amide bonds. The molecule has 3 nitrogen and oxygen atoms in total. The summed E-state index contributed by atoms with van der Waals surface area (Å²) in [5.74, 6) is 0.967. The van der Waals surface area contributed by atoms with Crippen LogP contribution in [-0.2, 0) is 6.54 Å². The molecule has 0 fully saturated rings. The highest BCUT2D eigenvalue weighted by atomic mass is 15.0. The minimum Gasteiger partial charge on any atom is -0.378 e. The van der Waals surface area contributed by atoms with E-state index in [2.05, 4.69) is 72.5 Å². The molecule has 0 radical (unpaired) electrons. The van der Waals surface area contributed by atoms with Crippen molar-refractivity contribution < 1.29 is 0 Å². The molecule has 1 aromatic heterocycles. The molecule has 0 saturated carbocycles. The van der Waals surface area contributed by atoms with Crippen LogP contribution in [0.3, 0.4) is 0 Å². The first-order valence-electron chi connectivity index (χ1n) is 6.88. The van der Waals surface area contributed by atoms with Gasteiger partial charge in [-0.25, -0.2) is 4.98 Å². The summed E-state index contributed by atoms with van der Waals surface area (Å²) < 4.78 is 0. The summed E-state index contributed by atoms with van der Waals surface area (Å²) in [4.78, 5) is 8.05. The zero-order valence-corrected chi connectivity index (χ0v) is 12.1. The fourth-order valence-corrected chi connectivity index (χ4v) is 2.46. The van der Waals surface area contributed by atoms with Crippen molar-refractivity contribution in [1.82, 2.24) is 9.97 Å². The Morgan fingerprint density at radius 1 is 1.00 bits per heavy atom. The van der Waals surface area contributed by atoms with Crippen molar-refractivity contribution in [2.75, 3.05) is 5.32 Å². The maximum Gasteiger partial charge on any atom is 0.126 e. The van der Waals surface area contributed by atoms with Crippen molar-refractivity contribution >= 4 is 16.7 Å². The minimum absolute atomic E-state index is 0.705. The van der Waals surface area contributed by atoms with Gasteiger partial charge in [0.25, 0.3) is 0 Å². The van der Waals surface area contributed by atoms with Crippen LogP contribution in [0.1, 0.15) is 22.5 Å². The van der Waals surface area contributed by atoms with Crippen LogP contribution in [0.5, 0.6) is 0 Å². The number of H-pyrrole nitrogens is 1. The number of nitrogens with zero attached hydrogens (tertiary/aromatic N) is 1. The molecule has 0 saturated heterocycles. The van der Waals surface area contributed by atoms with Gasteiger partial charge in [-0.2, -0.15) is 0 Å². The summed E-state index contributed by atoms with van der Waals surface area (Å²) in [7, 11) is 0. The Morgan fingerprint density at radius 2 is 1.75 bits per heavy atom. The van der Waals surface area contributed by atoms with E-state index in [1.54, 1.807) is 0 Å². The second-order valence-corrected chi connectivity index (χ2v) is 5.38. The molecule has 2 aromatic carbocycles. The van der Waals surface area contributed by atoms with Crippen LogP contribution in [0.15, 0.2) is 36.4 Å². The number of hydrogen-bond acceptors (Lipinski definition) is 2. The van der Waals surface area contributed by atoms with Gasteiger partial charge >= 0.3 is 0 Å². The molecular weight excluding hydrogens is 246 g/mol. The summed E-state index contributed by atoms with van der Waals surface area (Å²) in [5, 5.41) is 3.39. The highest BCUT2D eigenvalue weighted by Gasteiger charge is 2.05. The first-order valence-corrected chi connectivity index (χ1v) is 6.88. The van der Waals surface area contributed by atoms with Gasteiger partial charge in [0, 0.05) is 5.69 Å². The fourth-order valence-electron chi connectivity index (χ4n) is 2.46. The topological polar surface area (TPSA) is 40.7 Å². The molecular formula is C17H19N3. The summed E-state index contributed by atoms with van der Waals surface area (Å²) in [5.41, 5.74) is 7.04. The van der Waals surface area contributed by atoms with Crippen molar-refractivity contribution in [2.45, 2.75) is 27.3 Å². The third-order valence-electron chi connectivity index (χ3n) is 3.48. The van der Waals surface area contributed by atoms with Gasteiger partial charge in [0.2, 0.25) is 0 Å². The highest BCUT2D eigenvalue weighted by molar-refractivity contribution is 5.79. The molecule has 0 spiro atoms. The third-order valence-corrected chi connectivity index (χ3v) is 3.48. The Hall–Kier alpha value is -2.29. The van der Waals surface area contributed by atoms with E-state index >= 15 is 0 Å². The number of hydrogen-bond donors (Lipinski definition) is 2. The van der Waals surface area contributed by atoms with Crippen LogP contribution in [0, 0.1) is 20.8 Å². The molecule has 2 N–H and O–H groups in total.